The summed E-state index contributed by atoms with van der Waals surface area (Å²) < 4.78 is 5.65. The Balaban J connectivity index is 2.14. The van der Waals surface area contributed by atoms with Crippen LogP contribution >= 0.6 is 22.9 Å². The van der Waals surface area contributed by atoms with Crippen LogP contribution in [-0.2, 0) is 6.61 Å². The van der Waals surface area contributed by atoms with Crippen molar-refractivity contribution in [2.75, 3.05) is 0 Å². The van der Waals surface area contributed by atoms with Gasteiger partial charge in [-0.25, -0.2) is 4.98 Å². The third-order valence-corrected chi connectivity index (χ3v) is 3.96. The number of aromatic nitrogens is 1. The minimum Gasteiger partial charge on any atom is -0.486 e. The number of hydrogen-bond donors (Lipinski definition) is 2. The summed E-state index contributed by atoms with van der Waals surface area (Å²) in [7, 11) is 0. The first-order chi connectivity index (χ1) is 9.47. The van der Waals surface area contributed by atoms with Crippen LogP contribution in [0.3, 0.4) is 0 Å². The van der Waals surface area contributed by atoms with Gasteiger partial charge in [0.25, 0.3) is 0 Å². The van der Waals surface area contributed by atoms with Crippen molar-refractivity contribution >= 4 is 28.8 Å². The molecule has 2 rings (SSSR count). The fourth-order valence-electron chi connectivity index (χ4n) is 1.73. The van der Waals surface area contributed by atoms with E-state index in [0.29, 0.717) is 17.4 Å². The van der Waals surface area contributed by atoms with Gasteiger partial charge in [-0.05, 0) is 24.1 Å². The van der Waals surface area contributed by atoms with E-state index >= 15 is 0 Å². The molecule has 0 aliphatic carbocycles. The molecule has 3 N–H and O–H groups in total. The number of ether oxygens (including phenoxy) is 1. The van der Waals surface area contributed by atoms with Gasteiger partial charge in [0.05, 0.1) is 10.6 Å². The second-order valence-corrected chi connectivity index (χ2v) is 6.16. The van der Waals surface area contributed by atoms with E-state index in [4.69, 9.17) is 27.5 Å². The predicted molar refractivity (Wildman–Crippen MR) is 83.0 cm³/mol. The Morgan fingerprint density at radius 1 is 1.50 bits per heavy atom. The molecular formula is C14H16ClN3OS. The Kier molecular flexibility index (Phi) is 4.62. The van der Waals surface area contributed by atoms with Crippen LogP contribution in [0.4, 0.5) is 0 Å². The van der Waals surface area contributed by atoms with Crippen LogP contribution in [0, 0.1) is 5.41 Å². The van der Waals surface area contributed by atoms with Gasteiger partial charge >= 0.3 is 0 Å². The lowest BCUT2D eigenvalue weighted by Gasteiger charge is -2.04. The molecule has 0 unspecified atom stereocenters. The van der Waals surface area contributed by atoms with Gasteiger partial charge in [-0.2, -0.15) is 0 Å². The molecule has 0 saturated heterocycles. The molecule has 20 heavy (non-hydrogen) atoms. The molecule has 0 bridgehead atoms. The van der Waals surface area contributed by atoms with Gasteiger partial charge < -0.3 is 10.5 Å². The van der Waals surface area contributed by atoms with Crippen LogP contribution in [0.15, 0.2) is 24.3 Å². The predicted octanol–water partition coefficient (Wildman–Crippen LogP) is 3.78. The summed E-state index contributed by atoms with van der Waals surface area (Å²) in [5.74, 6) is 0.980. The standard InChI is InChI=1S/C14H16ClN3OS/c1-8(2)12-13(14(16)17)20-11(18-12)7-19-10-5-3-4-9(15)6-10/h3-6,8H,7H2,1-2H3,(H3,16,17). The van der Waals surface area contributed by atoms with E-state index in [1.165, 1.54) is 11.3 Å². The molecule has 1 aromatic carbocycles. The molecule has 0 fully saturated rings. The highest BCUT2D eigenvalue weighted by Crippen LogP contribution is 2.26. The first kappa shape index (κ1) is 14.8. The summed E-state index contributed by atoms with van der Waals surface area (Å²) in [6.45, 7) is 4.41. The zero-order valence-corrected chi connectivity index (χ0v) is 12.9. The first-order valence-electron chi connectivity index (χ1n) is 6.19. The van der Waals surface area contributed by atoms with Crippen molar-refractivity contribution in [2.24, 2.45) is 5.73 Å². The fourth-order valence-corrected chi connectivity index (χ4v) is 2.90. The van der Waals surface area contributed by atoms with Crippen LogP contribution in [0.1, 0.15) is 35.3 Å². The second-order valence-electron chi connectivity index (χ2n) is 4.64. The Bertz CT molecular complexity index is 625. The lowest BCUT2D eigenvalue weighted by Crippen LogP contribution is -2.12. The summed E-state index contributed by atoms with van der Waals surface area (Å²) in [6, 6.07) is 7.22. The molecule has 0 spiro atoms. The van der Waals surface area contributed by atoms with E-state index in [-0.39, 0.29) is 11.8 Å². The molecule has 4 nitrogen and oxygen atoms in total. The van der Waals surface area contributed by atoms with Crippen LogP contribution in [0.25, 0.3) is 0 Å². The second kappa shape index (κ2) is 6.24. The fraction of sp³-hybridized carbons (Fsp3) is 0.286. The van der Waals surface area contributed by atoms with Gasteiger partial charge in [-0.15, -0.1) is 11.3 Å². The van der Waals surface area contributed by atoms with Crippen molar-refractivity contribution in [3.05, 3.63) is 44.9 Å². The summed E-state index contributed by atoms with van der Waals surface area (Å²) in [5, 5.41) is 9.03. The highest BCUT2D eigenvalue weighted by atomic mass is 35.5. The Morgan fingerprint density at radius 3 is 2.80 bits per heavy atom. The van der Waals surface area contributed by atoms with Crippen LogP contribution < -0.4 is 10.5 Å². The number of nitrogen functional groups attached to an aromatic ring is 1. The molecular weight excluding hydrogens is 294 g/mol. The topological polar surface area (TPSA) is 72.0 Å². The molecule has 0 radical (unpaired) electrons. The maximum atomic E-state index is 7.60. The van der Waals surface area contributed by atoms with Crippen molar-refractivity contribution in [3.63, 3.8) is 0 Å². The van der Waals surface area contributed by atoms with Crippen LogP contribution in [0.5, 0.6) is 5.75 Å². The van der Waals surface area contributed by atoms with Gasteiger partial charge in [0.1, 0.15) is 23.2 Å². The third-order valence-electron chi connectivity index (χ3n) is 2.65. The Morgan fingerprint density at radius 2 is 2.25 bits per heavy atom. The van der Waals surface area contributed by atoms with E-state index in [1.54, 1.807) is 12.1 Å². The van der Waals surface area contributed by atoms with Crippen molar-refractivity contribution in [1.29, 1.82) is 5.41 Å². The van der Waals surface area contributed by atoms with Crippen molar-refractivity contribution in [2.45, 2.75) is 26.4 Å². The maximum absolute atomic E-state index is 7.60. The van der Waals surface area contributed by atoms with E-state index in [9.17, 15) is 0 Å². The molecule has 106 valence electrons. The smallest absolute Gasteiger partial charge is 0.140 e. The summed E-state index contributed by atoms with van der Waals surface area (Å²) in [4.78, 5) is 5.23. The number of nitrogens with one attached hydrogen (secondary N) is 1. The number of amidine groups is 1. The number of hydrogen-bond acceptors (Lipinski definition) is 4. The molecule has 0 amide bonds. The maximum Gasteiger partial charge on any atom is 0.140 e. The average molecular weight is 310 g/mol. The van der Waals surface area contributed by atoms with Crippen LogP contribution in [0.2, 0.25) is 5.02 Å². The largest absolute Gasteiger partial charge is 0.486 e. The van der Waals surface area contributed by atoms with E-state index in [0.717, 1.165) is 15.6 Å². The Labute approximate surface area is 127 Å². The Hall–Kier alpha value is -1.59. The molecule has 2 aromatic rings. The SMILES string of the molecule is CC(C)c1nc(COc2cccc(Cl)c2)sc1C(=N)N. The summed E-state index contributed by atoms with van der Waals surface area (Å²) >= 11 is 7.30. The zero-order chi connectivity index (χ0) is 14.7. The number of benzene rings is 1. The number of thiazole rings is 1. The highest BCUT2D eigenvalue weighted by molar-refractivity contribution is 7.13. The van der Waals surface area contributed by atoms with E-state index in [1.807, 2.05) is 26.0 Å². The van der Waals surface area contributed by atoms with E-state index in [2.05, 4.69) is 4.98 Å². The summed E-state index contributed by atoms with van der Waals surface area (Å²) in [5.41, 5.74) is 6.44. The minimum atomic E-state index is 0.0557. The quantitative estimate of drug-likeness (QED) is 0.652. The van der Waals surface area contributed by atoms with Gasteiger partial charge in [0.2, 0.25) is 0 Å². The molecule has 0 saturated carbocycles. The van der Waals surface area contributed by atoms with Gasteiger partial charge in [0, 0.05) is 5.02 Å². The normalized spacial score (nSPS) is 10.8. The van der Waals surface area contributed by atoms with Crippen molar-refractivity contribution in [1.82, 2.24) is 4.98 Å². The van der Waals surface area contributed by atoms with Crippen molar-refractivity contribution in [3.8, 4) is 5.75 Å². The number of halogens is 1. The monoisotopic (exact) mass is 309 g/mol. The zero-order valence-electron chi connectivity index (χ0n) is 11.3. The molecule has 1 heterocycles. The van der Waals surface area contributed by atoms with Crippen molar-refractivity contribution < 1.29 is 4.74 Å². The minimum absolute atomic E-state index is 0.0557. The number of nitrogens with zero attached hydrogens (tertiary/aromatic N) is 1. The molecule has 0 atom stereocenters. The number of nitrogens with two attached hydrogens (primary N) is 1. The molecule has 1 aromatic heterocycles. The molecule has 0 aliphatic rings. The lowest BCUT2D eigenvalue weighted by atomic mass is 10.1. The molecule has 6 heteroatoms. The van der Waals surface area contributed by atoms with Gasteiger partial charge in [-0.1, -0.05) is 31.5 Å². The number of rotatable bonds is 5. The first-order valence-corrected chi connectivity index (χ1v) is 7.39. The average Bonchev–Trinajstić information content (AvgIpc) is 2.81. The highest BCUT2D eigenvalue weighted by Gasteiger charge is 2.16. The van der Waals surface area contributed by atoms with E-state index < -0.39 is 0 Å². The summed E-state index contributed by atoms with van der Waals surface area (Å²) in [6.07, 6.45) is 0. The van der Waals surface area contributed by atoms with Crippen LogP contribution in [-0.4, -0.2) is 10.8 Å². The lowest BCUT2D eigenvalue weighted by molar-refractivity contribution is 0.305. The van der Waals surface area contributed by atoms with Gasteiger partial charge in [-0.3, -0.25) is 5.41 Å². The molecule has 0 aliphatic heterocycles. The third kappa shape index (κ3) is 3.49. The van der Waals surface area contributed by atoms with Gasteiger partial charge in [0.15, 0.2) is 0 Å².